The molecule has 0 atom stereocenters. The van der Waals surface area contributed by atoms with Crippen molar-refractivity contribution in [1.29, 1.82) is 0 Å². The van der Waals surface area contributed by atoms with Crippen LogP contribution in [0.2, 0.25) is 0 Å². The van der Waals surface area contributed by atoms with Gasteiger partial charge >= 0.3 is 0 Å². The Morgan fingerprint density at radius 1 is 1.12 bits per heavy atom. The average molecular weight is 387 g/mol. The van der Waals surface area contributed by atoms with Crippen LogP contribution in [-0.4, -0.2) is 18.4 Å². The Morgan fingerprint density at radius 3 is 2.62 bits per heavy atom. The molecule has 0 bridgehead atoms. The Kier molecular flexibility index (Phi) is 5.30. The van der Waals surface area contributed by atoms with Crippen molar-refractivity contribution < 1.29 is 9.59 Å². The van der Waals surface area contributed by atoms with Gasteiger partial charge in [-0.15, -0.1) is 0 Å². The van der Waals surface area contributed by atoms with E-state index in [9.17, 15) is 9.59 Å². The standard InChI is InChI=1S/C19H19BrN2O2/c20-16-5-3-4-14(12-16)13-21-19(24)15-7-9-17(10-8-15)22-11-2-1-6-18(22)23/h3-5,7-10,12H,1-2,6,11,13H2,(H,21,24). The maximum atomic E-state index is 12.3. The van der Waals surface area contributed by atoms with E-state index in [1.807, 2.05) is 36.4 Å². The van der Waals surface area contributed by atoms with E-state index in [4.69, 9.17) is 0 Å². The van der Waals surface area contributed by atoms with Crippen LogP contribution in [0.15, 0.2) is 53.0 Å². The first-order valence-corrected chi connectivity index (χ1v) is 8.86. The van der Waals surface area contributed by atoms with Gasteiger partial charge in [0.15, 0.2) is 0 Å². The second-order valence-corrected chi connectivity index (χ2v) is 6.78. The summed E-state index contributed by atoms with van der Waals surface area (Å²) in [5, 5.41) is 2.91. The summed E-state index contributed by atoms with van der Waals surface area (Å²) in [5.74, 6) is 0.0413. The molecule has 2 aromatic rings. The number of piperidine rings is 1. The van der Waals surface area contributed by atoms with Gasteiger partial charge in [0.1, 0.15) is 0 Å². The van der Waals surface area contributed by atoms with Crippen molar-refractivity contribution in [3.63, 3.8) is 0 Å². The highest BCUT2D eigenvalue weighted by Crippen LogP contribution is 2.21. The average Bonchev–Trinajstić information content (AvgIpc) is 2.60. The number of nitrogens with zero attached hydrogens (tertiary/aromatic N) is 1. The lowest BCUT2D eigenvalue weighted by molar-refractivity contribution is -0.119. The molecule has 1 saturated heterocycles. The summed E-state index contributed by atoms with van der Waals surface area (Å²) in [5.41, 5.74) is 2.50. The zero-order valence-corrected chi connectivity index (χ0v) is 14.9. The second-order valence-electron chi connectivity index (χ2n) is 5.86. The van der Waals surface area contributed by atoms with Crippen LogP contribution in [0.25, 0.3) is 0 Å². The predicted molar refractivity (Wildman–Crippen MR) is 98.0 cm³/mol. The topological polar surface area (TPSA) is 49.4 Å². The molecule has 1 fully saturated rings. The van der Waals surface area contributed by atoms with Crippen LogP contribution < -0.4 is 10.2 Å². The van der Waals surface area contributed by atoms with Crippen LogP contribution in [0.5, 0.6) is 0 Å². The van der Waals surface area contributed by atoms with Crippen molar-refractivity contribution in [1.82, 2.24) is 5.32 Å². The molecule has 4 nitrogen and oxygen atoms in total. The van der Waals surface area contributed by atoms with Crippen LogP contribution >= 0.6 is 15.9 Å². The van der Waals surface area contributed by atoms with E-state index in [-0.39, 0.29) is 11.8 Å². The molecule has 0 spiro atoms. The number of rotatable bonds is 4. The lowest BCUT2D eigenvalue weighted by Gasteiger charge is -2.26. The highest BCUT2D eigenvalue weighted by Gasteiger charge is 2.19. The molecule has 3 rings (SSSR count). The highest BCUT2D eigenvalue weighted by molar-refractivity contribution is 9.10. The molecule has 1 heterocycles. The molecule has 124 valence electrons. The molecule has 0 aromatic heterocycles. The van der Waals surface area contributed by atoms with E-state index in [0.29, 0.717) is 18.5 Å². The van der Waals surface area contributed by atoms with E-state index < -0.39 is 0 Å². The van der Waals surface area contributed by atoms with Gasteiger partial charge in [-0.2, -0.15) is 0 Å². The highest BCUT2D eigenvalue weighted by atomic mass is 79.9. The Bertz CT molecular complexity index is 743. The zero-order valence-electron chi connectivity index (χ0n) is 13.3. The van der Waals surface area contributed by atoms with Crippen LogP contribution in [0.1, 0.15) is 35.2 Å². The largest absolute Gasteiger partial charge is 0.348 e. The number of hydrogen-bond acceptors (Lipinski definition) is 2. The Labute approximate surface area is 150 Å². The molecule has 2 aromatic carbocycles. The molecule has 1 aliphatic rings. The molecule has 5 heteroatoms. The second kappa shape index (κ2) is 7.62. The van der Waals surface area contributed by atoms with Gasteiger partial charge in [-0.05, 0) is 54.8 Å². The number of benzene rings is 2. The summed E-state index contributed by atoms with van der Waals surface area (Å²) in [6.45, 7) is 1.23. The number of anilines is 1. The first-order chi connectivity index (χ1) is 11.6. The van der Waals surface area contributed by atoms with Crippen molar-refractivity contribution in [2.75, 3.05) is 11.4 Å². The van der Waals surface area contributed by atoms with Gasteiger partial charge in [-0.3, -0.25) is 9.59 Å². The predicted octanol–water partition coefficient (Wildman–Crippen LogP) is 3.90. The molecule has 0 aliphatic carbocycles. The maximum Gasteiger partial charge on any atom is 0.251 e. The van der Waals surface area contributed by atoms with E-state index in [1.165, 1.54) is 0 Å². The van der Waals surface area contributed by atoms with Gasteiger partial charge in [0.25, 0.3) is 5.91 Å². The summed E-state index contributed by atoms with van der Waals surface area (Å²) in [6.07, 6.45) is 2.60. The van der Waals surface area contributed by atoms with Gasteiger partial charge in [-0.25, -0.2) is 0 Å². The lowest BCUT2D eigenvalue weighted by Crippen LogP contribution is -2.35. The smallest absolute Gasteiger partial charge is 0.251 e. The van der Waals surface area contributed by atoms with Gasteiger partial charge < -0.3 is 10.2 Å². The van der Waals surface area contributed by atoms with Gasteiger partial charge in [0.05, 0.1) is 0 Å². The fraction of sp³-hybridized carbons (Fsp3) is 0.263. The molecular formula is C19H19BrN2O2. The van der Waals surface area contributed by atoms with E-state index >= 15 is 0 Å². The quantitative estimate of drug-likeness (QED) is 0.865. The van der Waals surface area contributed by atoms with Crippen molar-refractivity contribution in [2.24, 2.45) is 0 Å². The summed E-state index contributed by atoms with van der Waals surface area (Å²) >= 11 is 3.42. The fourth-order valence-electron chi connectivity index (χ4n) is 2.80. The molecule has 2 amide bonds. The van der Waals surface area contributed by atoms with Gasteiger partial charge in [0, 0.05) is 35.2 Å². The maximum absolute atomic E-state index is 12.3. The van der Waals surface area contributed by atoms with Crippen molar-refractivity contribution in [2.45, 2.75) is 25.8 Å². The Balaban J connectivity index is 1.62. The SMILES string of the molecule is O=C(NCc1cccc(Br)c1)c1ccc(N2CCCCC2=O)cc1. The van der Waals surface area contributed by atoms with Gasteiger partial charge in [-0.1, -0.05) is 28.1 Å². The number of nitrogens with one attached hydrogen (secondary N) is 1. The van der Waals surface area contributed by atoms with Crippen LogP contribution in [-0.2, 0) is 11.3 Å². The third-order valence-corrected chi connectivity index (χ3v) is 4.60. The zero-order chi connectivity index (χ0) is 16.9. The number of amides is 2. The minimum atomic E-state index is -0.119. The molecule has 0 saturated carbocycles. The van der Waals surface area contributed by atoms with Crippen LogP contribution in [0.3, 0.4) is 0 Å². The summed E-state index contributed by atoms with van der Waals surface area (Å²) in [4.78, 5) is 26.0. The lowest BCUT2D eigenvalue weighted by atomic mass is 10.1. The summed E-state index contributed by atoms with van der Waals surface area (Å²) in [7, 11) is 0. The molecular weight excluding hydrogens is 368 g/mol. The van der Waals surface area contributed by atoms with E-state index in [2.05, 4.69) is 21.2 Å². The normalized spacial score (nSPS) is 14.5. The van der Waals surface area contributed by atoms with Crippen LogP contribution in [0.4, 0.5) is 5.69 Å². The number of carbonyl (C=O) groups is 2. The molecule has 1 N–H and O–H groups in total. The van der Waals surface area contributed by atoms with Crippen molar-refractivity contribution >= 4 is 33.4 Å². The number of hydrogen-bond donors (Lipinski definition) is 1. The van der Waals surface area contributed by atoms with Crippen molar-refractivity contribution in [3.8, 4) is 0 Å². The molecule has 0 radical (unpaired) electrons. The summed E-state index contributed by atoms with van der Waals surface area (Å²) in [6, 6.07) is 15.1. The fourth-order valence-corrected chi connectivity index (χ4v) is 3.25. The molecule has 1 aliphatic heterocycles. The van der Waals surface area contributed by atoms with Gasteiger partial charge in [0.2, 0.25) is 5.91 Å². The first-order valence-electron chi connectivity index (χ1n) is 8.06. The summed E-state index contributed by atoms with van der Waals surface area (Å²) < 4.78 is 0.991. The third kappa shape index (κ3) is 4.03. The van der Waals surface area contributed by atoms with E-state index in [0.717, 1.165) is 35.1 Å². The van der Waals surface area contributed by atoms with E-state index in [1.54, 1.807) is 17.0 Å². The first kappa shape index (κ1) is 16.7. The molecule has 24 heavy (non-hydrogen) atoms. The Morgan fingerprint density at radius 2 is 1.92 bits per heavy atom. The number of carbonyl (C=O) groups excluding carboxylic acids is 2. The number of halogens is 1. The Hall–Kier alpha value is -2.14. The third-order valence-electron chi connectivity index (χ3n) is 4.11. The monoisotopic (exact) mass is 386 g/mol. The minimum Gasteiger partial charge on any atom is -0.348 e. The minimum absolute atomic E-state index is 0.119. The van der Waals surface area contributed by atoms with Crippen molar-refractivity contribution in [3.05, 3.63) is 64.1 Å². The molecule has 0 unspecified atom stereocenters. The van der Waals surface area contributed by atoms with Crippen LogP contribution in [0, 0.1) is 0 Å².